The average Bonchev–Trinajstić information content (AvgIpc) is 3.81. The third-order valence-corrected chi connectivity index (χ3v) is 10.8. The van der Waals surface area contributed by atoms with E-state index >= 15 is 0 Å². The van der Waals surface area contributed by atoms with E-state index in [1.165, 1.54) is 43.7 Å². The molecule has 0 bridgehead atoms. The molecular weight excluding hydrogens is 683 g/mol. The Kier molecular flexibility index (Phi) is 7.42. The maximum absolute atomic E-state index is 5.04. The fraction of sp³-hybridized carbons (Fsp3) is 0. The highest BCUT2D eigenvalue weighted by atomic mass is 15.0. The van der Waals surface area contributed by atoms with Crippen LogP contribution in [0.1, 0.15) is 0 Å². The maximum atomic E-state index is 5.04. The second-order valence-corrected chi connectivity index (χ2v) is 14.0. The molecule has 11 aromatic rings. The first-order valence-electron chi connectivity index (χ1n) is 18.9. The topological polar surface area (TPSA) is 48.5 Å². The average molecular weight is 716 g/mol. The van der Waals surface area contributed by atoms with Crippen molar-refractivity contribution in [3.05, 3.63) is 200 Å². The fourth-order valence-electron chi connectivity index (χ4n) is 8.34. The van der Waals surface area contributed by atoms with Gasteiger partial charge in [0, 0.05) is 49.6 Å². The summed E-state index contributed by atoms with van der Waals surface area (Å²) in [5.41, 5.74) is 12.1. The van der Waals surface area contributed by atoms with Crippen molar-refractivity contribution in [1.29, 1.82) is 0 Å². The summed E-state index contributed by atoms with van der Waals surface area (Å²) in [7, 11) is 0. The Morgan fingerprint density at radius 1 is 0.286 bits per heavy atom. The Bertz CT molecular complexity index is 3180. The monoisotopic (exact) mass is 715 g/mol. The lowest BCUT2D eigenvalue weighted by Crippen LogP contribution is -2.01. The number of fused-ring (bicyclic) bond motifs is 6. The Morgan fingerprint density at radius 3 is 1.20 bits per heavy atom. The predicted octanol–water partition coefficient (Wildman–Crippen LogP) is 12.7. The van der Waals surface area contributed by atoms with Crippen molar-refractivity contribution < 1.29 is 0 Å². The van der Waals surface area contributed by atoms with E-state index in [-0.39, 0.29) is 0 Å². The maximum Gasteiger partial charge on any atom is 0.164 e. The fourth-order valence-corrected chi connectivity index (χ4v) is 8.34. The molecule has 0 aliphatic rings. The van der Waals surface area contributed by atoms with Crippen LogP contribution < -0.4 is 0 Å². The molecule has 8 aromatic carbocycles. The zero-order valence-electron chi connectivity index (χ0n) is 30.3. The number of benzene rings is 8. The van der Waals surface area contributed by atoms with E-state index in [0.717, 1.165) is 39.1 Å². The highest BCUT2D eigenvalue weighted by Gasteiger charge is 2.21. The van der Waals surface area contributed by atoms with Gasteiger partial charge in [-0.15, -0.1) is 0 Å². The Morgan fingerprint density at radius 2 is 0.661 bits per heavy atom. The van der Waals surface area contributed by atoms with Crippen molar-refractivity contribution in [2.75, 3.05) is 0 Å². The number of hydrogen-bond acceptors (Lipinski definition) is 3. The van der Waals surface area contributed by atoms with Crippen molar-refractivity contribution in [2.45, 2.75) is 0 Å². The smallest absolute Gasteiger partial charge is 0.164 e. The van der Waals surface area contributed by atoms with E-state index in [4.69, 9.17) is 15.0 Å². The van der Waals surface area contributed by atoms with Crippen LogP contribution in [-0.2, 0) is 0 Å². The first-order valence-corrected chi connectivity index (χ1v) is 18.9. The summed E-state index contributed by atoms with van der Waals surface area (Å²) in [4.78, 5) is 15.0. The molecule has 0 aliphatic carbocycles. The normalized spacial score (nSPS) is 11.6. The molecule has 0 amide bonds. The Labute approximate surface area is 323 Å². The molecule has 56 heavy (non-hydrogen) atoms. The van der Waals surface area contributed by atoms with Gasteiger partial charge in [-0.25, -0.2) is 15.0 Å². The van der Waals surface area contributed by atoms with E-state index in [1.807, 2.05) is 60.7 Å². The van der Waals surface area contributed by atoms with Gasteiger partial charge in [0.2, 0.25) is 0 Å². The van der Waals surface area contributed by atoms with Crippen molar-refractivity contribution >= 4 is 43.6 Å². The third-order valence-electron chi connectivity index (χ3n) is 10.8. The zero-order valence-corrected chi connectivity index (χ0v) is 30.3. The van der Waals surface area contributed by atoms with Crippen molar-refractivity contribution in [2.24, 2.45) is 0 Å². The van der Waals surface area contributed by atoms with Crippen LogP contribution in [-0.4, -0.2) is 24.1 Å². The molecule has 0 atom stereocenters. The zero-order chi connectivity index (χ0) is 37.0. The number of hydrogen-bond donors (Lipinski definition) is 0. The lowest BCUT2D eigenvalue weighted by Gasteiger charge is -2.12. The molecular formula is C51H33N5. The minimum absolute atomic E-state index is 0.627. The summed E-state index contributed by atoms with van der Waals surface area (Å²) in [5, 5.41) is 4.90. The molecule has 0 radical (unpaired) electrons. The first-order chi connectivity index (χ1) is 27.8. The summed E-state index contributed by atoms with van der Waals surface area (Å²) in [5.74, 6) is 1.91. The van der Waals surface area contributed by atoms with Gasteiger partial charge < -0.3 is 9.13 Å². The van der Waals surface area contributed by atoms with Crippen molar-refractivity contribution in [3.8, 4) is 56.7 Å². The summed E-state index contributed by atoms with van der Waals surface area (Å²) >= 11 is 0. The van der Waals surface area contributed by atoms with E-state index in [1.54, 1.807) is 0 Å². The summed E-state index contributed by atoms with van der Waals surface area (Å²) in [6.45, 7) is 0. The van der Waals surface area contributed by atoms with Gasteiger partial charge in [0.05, 0.1) is 22.1 Å². The molecule has 0 saturated carbocycles. The third kappa shape index (κ3) is 5.13. The molecule has 0 aliphatic heterocycles. The summed E-state index contributed by atoms with van der Waals surface area (Å²) in [6.07, 6.45) is 0. The van der Waals surface area contributed by atoms with Gasteiger partial charge in [-0.1, -0.05) is 152 Å². The first kappa shape index (κ1) is 31.9. The number of para-hydroxylation sites is 3. The Balaban J connectivity index is 1.13. The van der Waals surface area contributed by atoms with Gasteiger partial charge in [0.15, 0.2) is 17.5 Å². The van der Waals surface area contributed by atoms with Gasteiger partial charge in [0.25, 0.3) is 0 Å². The number of nitrogens with zero attached hydrogens (tertiary/aromatic N) is 5. The SMILES string of the molecule is c1ccc(-c2nc(-c3ccccc3)nc(-c3cccc(-n4c5ccccc5c5c(-c6cccc7c6c6ccccc6n7-c6ccccc6)cccc54)c3)n2)cc1. The van der Waals surface area contributed by atoms with Crippen LogP contribution in [0.15, 0.2) is 200 Å². The van der Waals surface area contributed by atoms with Crippen LogP contribution in [0.25, 0.3) is 100 Å². The molecule has 0 spiro atoms. The second kappa shape index (κ2) is 13.0. The van der Waals surface area contributed by atoms with Crippen LogP contribution >= 0.6 is 0 Å². The van der Waals surface area contributed by atoms with Gasteiger partial charge in [0.1, 0.15) is 0 Å². The number of rotatable bonds is 6. The van der Waals surface area contributed by atoms with Gasteiger partial charge in [-0.3, -0.25) is 0 Å². The van der Waals surface area contributed by atoms with Gasteiger partial charge >= 0.3 is 0 Å². The standard InChI is InChI=1S/C51H33N5/c1-4-17-34(18-5-1)49-52-50(35-19-6-2-7-20-35)54-51(53-49)36-21-14-24-38(33-36)56-44-30-13-11-26-42(44)48-40(28-16-32-46(48)56)39-27-15-31-45-47(39)41-25-10-12-29-43(41)55(45)37-22-8-3-9-23-37/h1-33H. The molecule has 262 valence electrons. The molecule has 3 heterocycles. The minimum atomic E-state index is 0.627. The Hall–Kier alpha value is -7.63. The number of aromatic nitrogens is 5. The van der Waals surface area contributed by atoms with Gasteiger partial charge in [-0.05, 0) is 59.7 Å². The highest BCUT2D eigenvalue weighted by molar-refractivity contribution is 6.22. The molecule has 0 saturated heterocycles. The van der Waals surface area contributed by atoms with Crippen molar-refractivity contribution in [1.82, 2.24) is 24.1 Å². The summed E-state index contributed by atoms with van der Waals surface area (Å²) < 4.78 is 4.76. The van der Waals surface area contributed by atoms with Crippen LogP contribution in [0.3, 0.4) is 0 Å². The minimum Gasteiger partial charge on any atom is -0.309 e. The van der Waals surface area contributed by atoms with Crippen LogP contribution in [0, 0.1) is 0 Å². The van der Waals surface area contributed by atoms with Crippen LogP contribution in [0.5, 0.6) is 0 Å². The predicted molar refractivity (Wildman–Crippen MR) is 230 cm³/mol. The van der Waals surface area contributed by atoms with E-state index < -0.39 is 0 Å². The molecule has 0 N–H and O–H groups in total. The van der Waals surface area contributed by atoms with Crippen molar-refractivity contribution in [3.63, 3.8) is 0 Å². The second-order valence-electron chi connectivity index (χ2n) is 14.0. The molecule has 0 fully saturated rings. The lowest BCUT2D eigenvalue weighted by molar-refractivity contribution is 1.07. The van der Waals surface area contributed by atoms with E-state index in [2.05, 4.69) is 149 Å². The summed E-state index contributed by atoms with van der Waals surface area (Å²) in [6, 6.07) is 70.4. The largest absolute Gasteiger partial charge is 0.309 e. The molecule has 5 nitrogen and oxygen atoms in total. The molecule has 0 unspecified atom stereocenters. The van der Waals surface area contributed by atoms with Crippen LogP contribution in [0.2, 0.25) is 0 Å². The van der Waals surface area contributed by atoms with Crippen LogP contribution in [0.4, 0.5) is 0 Å². The molecule has 3 aromatic heterocycles. The van der Waals surface area contributed by atoms with E-state index in [9.17, 15) is 0 Å². The molecule has 5 heteroatoms. The molecule has 11 rings (SSSR count). The van der Waals surface area contributed by atoms with E-state index in [0.29, 0.717) is 17.5 Å². The quantitative estimate of drug-likeness (QED) is 0.172. The van der Waals surface area contributed by atoms with Gasteiger partial charge in [-0.2, -0.15) is 0 Å². The highest BCUT2D eigenvalue weighted by Crippen LogP contribution is 2.44. The lowest BCUT2D eigenvalue weighted by atomic mass is 9.95.